The lowest BCUT2D eigenvalue weighted by atomic mass is 10.2. The first kappa shape index (κ1) is 22.1. The van der Waals surface area contributed by atoms with E-state index >= 15 is 0 Å². The first-order valence-electron chi connectivity index (χ1n) is 10.0. The number of aryl methyl sites for hydroxylation is 1. The molecule has 0 spiro atoms. The van der Waals surface area contributed by atoms with Gasteiger partial charge in [0, 0.05) is 46.3 Å². The molecule has 9 nitrogen and oxygen atoms in total. The number of anilines is 1. The van der Waals surface area contributed by atoms with E-state index in [-0.39, 0.29) is 0 Å². The summed E-state index contributed by atoms with van der Waals surface area (Å²) in [5.41, 5.74) is 0.746. The van der Waals surface area contributed by atoms with Crippen LogP contribution in [0.4, 0.5) is 19.0 Å². The van der Waals surface area contributed by atoms with Crippen molar-refractivity contribution in [1.82, 2.24) is 34.9 Å². The van der Waals surface area contributed by atoms with Crippen molar-refractivity contribution in [3.63, 3.8) is 0 Å². The van der Waals surface area contributed by atoms with Gasteiger partial charge in [-0.2, -0.15) is 18.3 Å². The maximum atomic E-state index is 12.9. The lowest BCUT2D eigenvalue weighted by Crippen LogP contribution is -2.56. The molecule has 2 aromatic rings. The van der Waals surface area contributed by atoms with Gasteiger partial charge >= 0.3 is 6.18 Å². The zero-order valence-corrected chi connectivity index (χ0v) is 17.4. The number of rotatable bonds is 6. The summed E-state index contributed by atoms with van der Waals surface area (Å²) in [5.74, 6) is 1.41. The van der Waals surface area contributed by atoms with Crippen molar-refractivity contribution in [2.24, 2.45) is 12.0 Å². The molecule has 166 valence electrons. The quantitative estimate of drug-likeness (QED) is 0.408. The maximum Gasteiger partial charge on any atom is 0.403 e. The average molecular weight is 427 g/mol. The Morgan fingerprint density at radius 2 is 1.97 bits per heavy atom. The number of alkyl halides is 3. The van der Waals surface area contributed by atoms with Gasteiger partial charge in [0.2, 0.25) is 0 Å². The first-order valence-corrected chi connectivity index (χ1v) is 10.0. The summed E-state index contributed by atoms with van der Waals surface area (Å²) in [5, 5.41) is 11.5. The predicted molar refractivity (Wildman–Crippen MR) is 109 cm³/mol. The van der Waals surface area contributed by atoms with E-state index in [1.807, 2.05) is 18.9 Å². The molecule has 1 fully saturated rings. The number of halogens is 3. The van der Waals surface area contributed by atoms with Crippen LogP contribution < -0.4 is 10.6 Å². The van der Waals surface area contributed by atoms with Crippen molar-refractivity contribution >= 4 is 22.8 Å². The van der Waals surface area contributed by atoms with Crippen LogP contribution in [0.3, 0.4) is 0 Å². The average Bonchev–Trinajstić information content (AvgIpc) is 3.11. The summed E-state index contributed by atoms with van der Waals surface area (Å²) < 4.78 is 40.5. The van der Waals surface area contributed by atoms with Gasteiger partial charge in [0.05, 0.1) is 18.1 Å². The van der Waals surface area contributed by atoms with Crippen molar-refractivity contribution in [2.45, 2.75) is 26.1 Å². The number of piperazine rings is 1. The number of fused-ring (bicyclic) bond motifs is 1. The van der Waals surface area contributed by atoms with E-state index in [0.717, 1.165) is 11.0 Å². The van der Waals surface area contributed by atoms with Crippen molar-refractivity contribution in [3.05, 3.63) is 12.5 Å². The zero-order valence-electron chi connectivity index (χ0n) is 17.4. The van der Waals surface area contributed by atoms with Crippen LogP contribution >= 0.6 is 0 Å². The zero-order chi connectivity index (χ0) is 21.7. The van der Waals surface area contributed by atoms with Crippen LogP contribution in [0.1, 0.15) is 13.8 Å². The summed E-state index contributed by atoms with van der Waals surface area (Å²) in [7, 11) is 1.82. The lowest BCUT2D eigenvalue weighted by molar-refractivity contribution is -0.181. The highest BCUT2D eigenvalue weighted by atomic mass is 19.4. The summed E-state index contributed by atoms with van der Waals surface area (Å²) in [6.07, 6.45) is -0.999. The second-order valence-electron chi connectivity index (χ2n) is 7.13. The third-order valence-corrected chi connectivity index (χ3v) is 5.17. The molecule has 1 aliphatic rings. The Kier molecular flexibility index (Phi) is 6.95. The number of hydrogen-bond acceptors (Lipinski definition) is 6. The molecule has 30 heavy (non-hydrogen) atoms. The van der Waals surface area contributed by atoms with Gasteiger partial charge < -0.3 is 15.5 Å². The van der Waals surface area contributed by atoms with E-state index in [9.17, 15) is 13.2 Å². The number of aromatic nitrogens is 4. The van der Waals surface area contributed by atoms with Crippen LogP contribution in [-0.4, -0.2) is 93.5 Å². The summed E-state index contributed by atoms with van der Waals surface area (Å²) >= 11 is 0. The van der Waals surface area contributed by atoms with Crippen molar-refractivity contribution in [2.75, 3.05) is 51.1 Å². The lowest BCUT2D eigenvalue weighted by Gasteiger charge is -2.39. The Balaban J connectivity index is 1.55. The summed E-state index contributed by atoms with van der Waals surface area (Å²) in [4.78, 5) is 16.6. The fourth-order valence-electron chi connectivity index (χ4n) is 3.39. The molecule has 1 saturated heterocycles. The van der Waals surface area contributed by atoms with Crippen LogP contribution in [0.2, 0.25) is 0 Å². The highest BCUT2D eigenvalue weighted by Crippen LogP contribution is 2.25. The van der Waals surface area contributed by atoms with Crippen molar-refractivity contribution in [3.8, 4) is 0 Å². The van der Waals surface area contributed by atoms with Gasteiger partial charge in [0.1, 0.15) is 18.2 Å². The highest BCUT2D eigenvalue weighted by molar-refractivity contribution is 5.86. The van der Waals surface area contributed by atoms with Gasteiger partial charge in [-0.25, -0.2) is 9.97 Å². The first-order chi connectivity index (χ1) is 14.3. The molecule has 0 saturated carbocycles. The fourth-order valence-corrected chi connectivity index (χ4v) is 3.39. The highest BCUT2D eigenvalue weighted by Gasteiger charge is 2.41. The third-order valence-electron chi connectivity index (χ3n) is 5.17. The van der Waals surface area contributed by atoms with Crippen LogP contribution in [0.5, 0.6) is 0 Å². The largest absolute Gasteiger partial charge is 0.403 e. The Bertz CT molecular complexity index is 856. The standard InChI is InChI=1S/C18H28F3N9/c1-4-22-17(30-9-7-29(8-10-30)13(2)18(19,20)21)24-6-5-23-15-14-11-27-28(3)16(14)26-12-25-15/h11-13H,4-10H2,1-3H3,(H,22,24)(H,23,25,26). The molecule has 0 bridgehead atoms. The van der Waals surface area contributed by atoms with Crippen LogP contribution in [-0.2, 0) is 7.05 Å². The minimum atomic E-state index is -4.20. The molecule has 2 aromatic heterocycles. The molecule has 1 atom stereocenters. The predicted octanol–water partition coefficient (Wildman–Crippen LogP) is 1.31. The Hall–Kier alpha value is -2.63. The second kappa shape index (κ2) is 9.45. The van der Waals surface area contributed by atoms with Crippen molar-refractivity contribution in [1.29, 1.82) is 0 Å². The van der Waals surface area contributed by atoms with E-state index in [2.05, 4.69) is 30.7 Å². The molecule has 12 heteroatoms. The Labute approximate surface area is 173 Å². The summed E-state index contributed by atoms with van der Waals surface area (Å²) in [6.45, 7) is 6.63. The van der Waals surface area contributed by atoms with Gasteiger partial charge in [0.15, 0.2) is 11.6 Å². The van der Waals surface area contributed by atoms with Crippen LogP contribution in [0, 0.1) is 0 Å². The SMILES string of the molecule is CCNC(=NCCNc1ncnc2c1cnn2C)N1CCN(C(C)C(F)(F)F)CC1. The second-order valence-corrected chi connectivity index (χ2v) is 7.13. The monoisotopic (exact) mass is 427 g/mol. The van der Waals surface area contributed by atoms with Crippen LogP contribution in [0.25, 0.3) is 11.0 Å². The Morgan fingerprint density at radius 3 is 2.63 bits per heavy atom. The van der Waals surface area contributed by atoms with E-state index in [1.54, 1.807) is 10.9 Å². The fraction of sp³-hybridized carbons (Fsp3) is 0.667. The number of nitrogens with zero attached hydrogens (tertiary/aromatic N) is 7. The molecule has 2 N–H and O–H groups in total. The van der Waals surface area contributed by atoms with Gasteiger partial charge in [-0.15, -0.1) is 0 Å². The normalized spacial score (nSPS) is 17.4. The number of guanidine groups is 1. The molecule has 0 radical (unpaired) electrons. The smallest absolute Gasteiger partial charge is 0.367 e. The van der Waals surface area contributed by atoms with Gasteiger partial charge in [-0.3, -0.25) is 14.6 Å². The molecule has 0 aromatic carbocycles. The number of aliphatic imine (C=N–C) groups is 1. The minimum absolute atomic E-state index is 0.350. The van der Waals surface area contributed by atoms with Gasteiger partial charge in [0.25, 0.3) is 0 Å². The molecule has 0 amide bonds. The molecule has 0 aliphatic carbocycles. The van der Waals surface area contributed by atoms with E-state index in [0.29, 0.717) is 57.6 Å². The van der Waals surface area contributed by atoms with E-state index in [1.165, 1.54) is 18.2 Å². The summed E-state index contributed by atoms with van der Waals surface area (Å²) in [6, 6.07) is -1.43. The number of nitrogens with one attached hydrogen (secondary N) is 2. The Morgan fingerprint density at radius 1 is 1.23 bits per heavy atom. The van der Waals surface area contributed by atoms with E-state index < -0.39 is 12.2 Å². The van der Waals surface area contributed by atoms with Gasteiger partial charge in [-0.05, 0) is 13.8 Å². The van der Waals surface area contributed by atoms with Gasteiger partial charge in [-0.1, -0.05) is 0 Å². The minimum Gasteiger partial charge on any atom is -0.367 e. The molecule has 1 aliphatic heterocycles. The van der Waals surface area contributed by atoms with Crippen LogP contribution in [0.15, 0.2) is 17.5 Å². The van der Waals surface area contributed by atoms with E-state index in [4.69, 9.17) is 0 Å². The van der Waals surface area contributed by atoms with Crippen molar-refractivity contribution < 1.29 is 13.2 Å². The molecular formula is C18H28F3N9. The molecule has 1 unspecified atom stereocenters. The molecule has 3 heterocycles. The third kappa shape index (κ3) is 5.10. The molecule has 3 rings (SSSR count). The molecular weight excluding hydrogens is 399 g/mol. The number of hydrogen-bond donors (Lipinski definition) is 2. The topological polar surface area (TPSA) is 86.5 Å². The maximum absolute atomic E-state index is 12.9.